The summed E-state index contributed by atoms with van der Waals surface area (Å²) >= 11 is 0. The van der Waals surface area contributed by atoms with Crippen molar-refractivity contribution in [2.75, 3.05) is 0 Å². The molecular weight excluding hydrogens is 328 g/mol. The first-order valence-electron chi connectivity index (χ1n) is 10.2. The molecule has 1 aliphatic heterocycles. The maximum atomic E-state index is 10.9. The van der Waals surface area contributed by atoms with E-state index in [1.807, 2.05) is 0 Å². The van der Waals surface area contributed by atoms with Crippen LogP contribution in [0.5, 0.6) is 0 Å². The summed E-state index contributed by atoms with van der Waals surface area (Å²) in [5, 5.41) is 0. The molecule has 0 aromatic carbocycles. The van der Waals surface area contributed by atoms with Crippen LogP contribution in [0.3, 0.4) is 0 Å². The third-order valence-corrected chi connectivity index (χ3v) is 15.5. The fourth-order valence-electron chi connectivity index (χ4n) is 4.66. The number of Topliss-reactive ketones (excluding diaryl/α,β-unsaturated/α-hetero) is 1. The van der Waals surface area contributed by atoms with Gasteiger partial charge in [-0.2, -0.15) is 0 Å². The monoisotopic (exact) mass is 370 g/mol. The van der Waals surface area contributed by atoms with Gasteiger partial charge in [-0.25, -0.2) is 0 Å². The molecule has 1 heterocycles. The summed E-state index contributed by atoms with van der Waals surface area (Å²) in [6, 6.07) is 0. The van der Waals surface area contributed by atoms with Gasteiger partial charge in [-0.1, -0.05) is 84.2 Å². The average molecular weight is 371 g/mol. The molecule has 0 amide bonds. The lowest BCUT2D eigenvalue weighted by atomic mass is 10.1. The minimum absolute atomic E-state index is 0.330. The van der Waals surface area contributed by atoms with E-state index >= 15 is 0 Å². The second-order valence-corrected chi connectivity index (χ2v) is 20.9. The van der Waals surface area contributed by atoms with Gasteiger partial charge in [-0.05, 0) is 19.8 Å². The first kappa shape index (κ1) is 22.1. The zero-order valence-corrected chi connectivity index (χ0v) is 19.5. The lowest BCUT2D eigenvalue weighted by Crippen LogP contribution is -2.59. The van der Waals surface area contributed by atoms with Crippen LogP contribution in [-0.2, 0) is 9.53 Å². The highest BCUT2D eigenvalue weighted by Gasteiger charge is 2.69. The van der Waals surface area contributed by atoms with Crippen molar-refractivity contribution in [3.63, 3.8) is 0 Å². The first-order valence-corrected chi connectivity index (χ1v) is 17.2. The van der Waals surface area contributed by atoms with E-state index in [4.69, 9.17) is 4.74 Å². The largest absolute Gasteiger partial charge is 0.374 e. The highest BCUT2D eigenvalue weighted by molar-refractivity contribution is 6.99. The molecule has 0 aliphatic carbocycles. The third-order valence-electron chi connectivity index (χ3n) is 5.70. The summed E-state index contributed by atoms with van der Waals surface area (Å²) < 4.78 is 6.42. The summed E-state index contributed by atoms with van der Waals surface area (Å²) in [6.07, 6.45) is 13.0. The Balaban J connectivity index is 2.10. The zero-order valence-electron chi connectivity index (χ0n) is 17.5. The molecule has 1 saturated heterocycles. The topological polar surface area (TPSA) is 29.6 Å². The number of hydrogen-bond donors (Lipinski definition) is 0. The number of epoxide rings is 1. The van der Waals surface area contributed by atoms with Crippen molar-refractivity contribution in [3.8, 4) is 0 Å². The van der Waals surface area contributed by atoms with E-state index in [0.29, 0.717) is 16.7 Å². The van der Waals surface area contributed by atoms with E-state index in [2.05, 4.69) is 39.3 Å². The van der Waals surface area contributed by atoms with Crippen LogP contribution in [0.25, 0.3) is 0 Å². The Kier molecular flexibility index (Phi) is 8.41. The third kappa shape index (κ3) is 6.10. The first-order chi connectivity index (χ1) is 11.0. The van der Waals surface area contributed by atoms with Gasteiger partial charge in [0.2, 0.25) is 0 Å². The summed E-state index contributed by atoms with van der Waals surface area (Å²) in [5.41, 5.74) is 0. The van der Waals surface area contributed by atoms with Crippen molar-refractivity contribution in [2.24, 2.45) is 0 Å². The maximum Gasteiger partial charge on any atom is 0.129 e. The van der Waals surface area contributed by atoms with E-state index in [-0.39, 0.29) is 0 Å². The lowest BCUT2D eigenvalue weighted by molar-refractivity contribution is -0.117. The predicted molar refractivity (Wildman–Crippen MR) is 111 cm³/mol. The molecular formula is C20H42O2Si2. The van der Waals surface area contributed by atoms with Crippen molar-refractivity contribution < 1.29 is 9.53 Å². The molecule has 0 aromatic heterocycles. The number of carbonyl (C=O) groups is 1. The molecule has 0 bridgehead atoms. The Hall–Kier alpha value is 0.0638. The minimum Gasteiger partial charge on any atom is -0.374 e. The molecule has 4 heteroatoms. The minimum atomic E-state index is -1.26. The normalized spacial score (nSPS) is 20.2. The molecule has 1 unspecified atom stereocenters. The number of carbonyl (C=O) groups excluding carboxylic acids is 1. The fraction of sp³-hybridized carbons (Fsp3) is 0.950. The fourth-order valence-corrected chi connectivity index (χ4v) is 16.9. The quantitative estimate of drug-likeness (QED) is 0.214. The summed E-state index contributed by atoms with van der Waals surface area (Å²) in [7, 11) is -2.52. The second-order valence-electron chi connectivity index (χ2n) is 9.91. The van der Waals surface area contributed by atoms with Gasteiger partial charge in [0.05, 0.1) is 27.1 Å². The SMILES string of the molecule is CC(=O)CCCCCCCCCCC1OC1([Si](C)(C)C)[Si](C)(C)C. The highest BCUT2D eigenvalue weighted by atomic mass is 28.4. The van der Waals surface area contributed by atoms with Gasteiger partial charge in [0.1, 0.15) is 5.78 Å². The van der Waals surface area contributed by atoms with Crippen molar-refractivity contribution >= 4 is 21.9 Å². The molecule has 24 heavy (non-hydrogen) atoms. The van der Waals surface area contributed by atoms with E-state index in [9.17, 15) is 4.79 Å². The highest BCUT2D eigenvalue weighted by Crippen LogP contribution is 2.52. The molecule has 1 aliphatic rings. The van der Waals surface area contributed by atoms with Crippen LogP contribution in [0.2, 0.25) is 39.3 Å². The van der Waals surface area contributed by atoms with E-state index in [0.717, 1.165) is 12.8 Å². The van der Waals surface area contributed by atoms with Crippen molar-refractivity contribution in [2.45, 2.75) is 121 Å². The van der Waals surface area contributed by atoms with E-state index in [1.54, 1.807) is 6.92 Å². The molecule has 1 rings (SSSR count). The van der Waals surface area contributed by atoms with Gasteiger partial charge in [-0.3, -0.25) is 0 Å². The molecule has 1 fully saturated rings. The number of hydrogen-bond acceptors (Lipinski definition) is 2. The van der Waals surface area contributed by atoms with Gasteiger partial charge in [-0.15, -0.1) is 0 Å². The standard InChI is InChI=1S/C20H42O2Si2/c1-18(21)16-14-12-10-8-9-11-13-15-17-19-20(22-19,23(2,3)4)24(5,6)7/h19H,8-17H2,1-7H3. The van der Waals surface area contributed by atoms with Gasteiger partial charge < -0.3 is 9.53 Å². The number of unbranched alkanes of at least 4 members (excludes halogenated alkanes) is 7. The molecule has 0 aromatic rings. The van der Waals surface area contributed by atoms with Crippen LogP contribution in [0.15, 0.2) is 0 Å². The summed E-state index contributed by atoms with van der Waals surface area (Å²) in [4.78, 5) is 11.2. The smallest absolute Gasteiger partial charge is 0.129 e. The Morgan fingerprint density at radius 1 is 0.792 bits per heavy atom. The molecule has 0 radical (unpaired) electrons. The van der Waals surface area contributed by atoms with E-state index < -0.39 is 16.1 Å². The number of ketones is 1. The van der Waals surface area contributed by atoms with Gasteiger partial charge in [0.15, 0.2) is 0 Å². The Labute approximate surface area is 153 Å². The number of rotatable bonds is 13. The molecule has 142 valence electrons. The van der Waals surface area contributed by atoms with Crippen molar-refractivity contribution in [3.05, 3.63) is 0 Å². The molecule has 1 atom stereocenters. The Morgan fingerprint density at radius 2 is 1.21 bits per heavy atom. The zero-order chi connectivity index (χ0) is 18.4. The number of ether oxygens (including phenoxy) is 1. The second kappa shape index (κ2) is 9.13. The van der Waals surface area contributed by atoms with Crippen LogP contribution in [0.1, 0.15) is 71.1 Å². The molecule has 0 saturated carbocycles. The predicted octanol–water partition coefficient (Wildman–Crippen LogP) is 6.37. The summed E-state index contributed by atoms with van der Waals surface area (Å²) in [5.74, 6) is 0.338. The molecule has 0 N–H and O–H groups in total. The Morgan fingerprint density at radius 3 is 1.58 bits per heavy atom. The Bertz CT molecular complexity index is 379. The van der Waals surface area contributed by atoms with Gasteiger partial charge in [0.25, 0.3) is 0 Å². The molecule has 2 nitrogen and oxygen atoms in total. The van der Waals surface area contributed by atoms with Crippen molar-refractivity contribution in [1.82, 2.24) is 0 Å². The summed E-state index contributed by atoms with van der Waals surface area (Å²) in [6.45, 7) is 16.7. The van der Waals surface area contributed by atoms with Crippen LogP contribution in [0.4, 0.5) is 0 Å². The molecule has 0 spiro atoms. The van der Waals surface area contributed by atoms with Crippen LogP contribution in [-0.4, -0.2) is 32.9 Å². The average Bonchev–Trinajstić information content (AvgIpc) is 3.16. The lowest BCUT2D eigenvalue weighted by Gasteiger charge is -2.36. The maximum absolute atomic E-state index is 10.9. The van der Waals surface area contributed by atoms with Gasteiger partial charge in [0, 0.05) is 6.42 Å². The van der Waals surface area contributed by atoms with Gasteiger partial charge >= 0.3 is 0 Å². The van der Waals surface area contributed by atoms with Crippen molar-refractivity contribution in [1.29, 1.82) is 0 Å². The van der Waals surface area contributed by atoms with Crippen LogP contribution >= 0.6 is 0 Å². The van der Waals surface area contributed by atoms with Crippen LogP contribution < -0.4 is 0 Å². The van der Waals surface area contributed by atoms with Crippen LogP contribution in [0, 0.1) is 0 Å². The van der Waals surface area contributed by atoms with E-state index in [1.165, 1.54) is 51.4 Å².